The molecule has 18 heteroatoms. The van der Waals surface area contributed by atoms with E-state index in [1.165, 1.54) is 13.8 Å². The highest BCUT2D eigenvalue weighted by molar-refractivity contribution is 5.75. The molecule has 2 aliphatic rings. The highest BCUT2D eigenvalue weighted by Gasteiger charge is 2.45. The number of carbonyl (C=O) groups is 2. The molecule has 262 valence electrons. The molecule has 0 aromatic rings. The number of aliphatic hydroxyl groups excluding tert-OH is 6. The van der Waals surface area contributed by atoms with Crippen LogP contribution in [0.4, 0.5) is 0 Å². The highest BCUT2D eigenvalue weighted by atomic mass is 16.7. The standard InChI is InChI=1S/C27H48N2O16/c1-16(32)28-20-24(36)22(34)18(14-30)44-26(20)42-12-10-40-8-6-38-4-3-5-39-7-9-41-11-13-43-27-21(29-17(2)33)25(37)23(35)19(15-31)45-27/h18-20,22-26,30-31,34-37H,3-15H2,1-2H3,(H,28,32)(H,29,33)/t18?,19?,20-,22-,23-,24?,25?,26+/m0/s1. The van der Waals surface area contributed by atoms with Gasteiger partial charge in [0.25, 0.3) is 0 Å². The maximum atomic E-state index is 11.4. The van der Waals surface area contributed by atoms with Gasteiger partial charge in [0.05, 0.1) is 59.5 Å². The first-order valence-corrected chi connectivity index (χ1v) is 14.7. The molecule has 0 aromatic carbocycles. The van der Waals surface area contributed by atoms with Crippen LogP contribution in [0.1, 0.15) is 20.3 Å². The Hall–Kier alpha value is -2.20. The average Bonchev–Trinajstić information content (AvgIpc) is 3.00. The lowest BCUT2D eigenvalue weighted by Gasteiger charge is -2.42. The fraction of sp³-hybridized carbons (Fsp3) is 0.852. The van der Waals surface area contributed by atoms with Crippen molar-refractivity contribution >= 4 is 11.8 Å². The van der Waals surface area contributed by atoms with Crippen LogP contribution in [0.2, 0.25) is 0 Å². The number of hydrogen-bond donors (Lipinski definition) is 8. The van der Waals surface area contributed by atoms with Crippen LogP contribution < -0.4 is 10.6 Å². The van der Waals surface area contributed by atoms with Gasteiger partial charge < -0.3 is 79.2 Å². The summed E-state index contributed by atoms with van der Waals surface area (Å²) in [6.07, 6.45) is -8.28. The second kappa shape index (κ2) is 21.6. The van der Waals surface area contributed by atoms with Crippen molar-refractivity contribution in [1.82, 2.24) is 10.6 Å². The van der Waals surface area contributed by atoms with Crippen LogP contribution in [-0.2, 0) is 47.5 Å². The van der Waals surface area contributed by atoms with Crippen molar-refractivity contribution in [2.45, 2.75) is 69.2 Å². The zero-order valence-corrected chi connectivity index (χ0v) is 25.6. The van der Waals surface area contributed by atoms with Gasteiger partial charge in [0, 0.05) is 27.1 Å². The molecule has 8 N–H and O–H groups in total. The van der Waals surface area contributed by atoms with Gasteiger partial charge in [-0.1, -0.05) is 0 Å². The molecule has 2 rings (SSSR count). The molecule has 4 unspecified atom stereocenters. The monoisotopic (exact) mass is 656 g/mol. The van der Waals surface area contributed by atoms with Gasteiger partial charge in [-0.2, -0.15) is 0 Å². The van der Waals surface area contributed by atoms with E-state index in [1.54, 1.807) is 0 Å². The van der Waals surface area contributed by atoms with Crippen LogP contribution >= 0.6 is 0 Å². The van der Waals surface area contributed by atoms with E-state index in [0.29, 0.717) is 39.5 Å². The summed E-state index contributed by atoms with van der Waals surface area (Å²) >= 11 is 0. The first-order chi connectivity index (χ1) is 21.6. The van der Waals surface area contributed by atoms with E-state index in [2.05, 4.69) is 10.6 Å². The molecule has 0 spiro atoms. The topological polar surface area (TPSA) is 253 Å². The highest BCUT2D eigenvalue weighted by Crippen LogP contribution is 2.24. The Balaban J connectivity index is 1.46. The van der Waals surface area contributed by atoms with Crippen LogP contribution in [0.15, 0.2) is 11.6 Å². The number of aliphatic hydroxyl groups is 6. The molecule has 2 aliphatic heterocycles. The lowest BCUT2D eigenvalue weighted by molar-refractivity contribution is -0.272. The van der Waals surface area contributed by atoms with Crippen LogP contribution in [0.5, 0.6) is 0 Å². The Morgan fingerprint density at radius 1 is 0.711 bits per heavy atom. The molecule has 0 aliphatic carbocycles. The molecule has 1 saturated heterocycles. The minimum atomic E-state index is -1.50. The zero-order chi connectivity index (χ0) is 33.2. The maximum Gasteiger partial charge on any atom is 0.303 e. The number of carbonyl (C=O) groups excluding carboxylic acids is 2. The molecule has 45 heavy (non-hydrogen) atoms. The molecule has 0 aromatic heterocycles. The molecule has 0 saturated carbocycles. The van der Waals surface area contributed by atoms with E-state index in [9.17, 15) is 40.2 Å². The van der Waals surface area contributed by atoms with Gasteiger partial charge in [0.2, 0.25) is 11.8 Å². The normalized spacial score (nSPS) is 28.4. The largest absolute Gasteiger partial charge is 0.462 e. The smallest absolute Gasteiger partial charge is 0.303 e. The molecule has 8 atom stereocenters. The van der Waals surface area contributed by atoms with Crippen LogP contribution in [0, 0.1) is 0 Å². The fourth-order valence-electron chi connectivity index (χ4n) is 4.27. The van der Waals surface area contributed by atoms with Crippen LogP contribution in [0.3, 0.4) is 0 Å². The quantitative estimate of drug-likeness (QED) is 0.0515. The number of amides is 2. The Labute approximate surface area is 261 Å². The molecule has 2 heterocycles. The zero-order valence-electron chi connectivity index (χ0n) is 25.6. The fourth-order valence-corrected chi connectivity index (χ4v) is 4.27. The summed E-state index contributed by atoms with van der Waals surface area (Å²) in [5.41, 5.74) is -0.130. The molecular formula is C27H48N2O16. The van der Waals surface area contributed by atoms with Crippen LogP contribution in [0.25, 0.3) is 0 Å². The van der Waals surface area contributed by atoms with Crippen molar-refractivity contribution in [3.05, 3.63) is 11.6 Å². The Morgan fingerprint density at radius 2 is 1.27 bits per heavy atom. The van der Waals surface area contributed by atoms with E-state index in [1.807, 2.05) is 0 Å². The van der Waals surface area contributed by atoms with Crippen molar-refractivity contribution in [1.29, 1.82) is 0 Å². The lowest BCUT2D eigenvalue weighted by Crippen LogP contribution is -2.64. The summed E-state index contributed by atoms with van der Waals surface area (Å²) in [5.74, 6) is -1.14. The predicted octanol–water partition coefficient (Wildman–Crippen LogP) is -4.16. The first-order valence-electron chi connectivity index (χ1n) is 14.7. The van der Waals surface area contributed by atoms with E-state index in [-0.39, 0.29) is 44.7 Å². The Kier molecular flexibility index (Phi) is 18.7. The number of ether oxygens (including phenoxy) is 8. The molecule has 1 fully saturated rings. The molecule has 0 radical (unpaired) electrons. The summed E-state index contributed by atoms with van der Waals surface area (Å²) in [6, 6.07) is -1.01. The second-order valence-electron chi connectivity index (χ2n) is 10.1. The van der Waals surface area contributed by atoms with Gasteiger partial charge in [0.1, 0.15) is 48.9 Å². The van der Waals surface area contributed by atoms with Gasteiger partial charge in [-0.15, -0.1) is 0 Å². The van der Waals surface area contributed by atoms with E-state index >= 15 is 0 Å². The SMILES string of the molecule is CC(=O)NC1=C(OCCOCCOCCCOCCOCCO[C@@H]2OC(CO)[C@H](O)C(O)[C@@H]2NC(C)=O)OC(CO)[C@H](O)C1O. The minimum Gasteiger partial charge on any atom is -0.462 e. The van der Waals surface area contributed by atoms with E-state index in [4.69, 9.17) is 37.9 Å². The van der Waals surface area contributed by atoms with Crippen molar-refractivity contribution in [3.63, 3.8) is 0 Å². The van der Waals surface area contributed by atoms with E-state index in [0.717, 1.165) is 0 Å². The van der Waals surface area contributed by atoms with Gasteiger partial charge in [-0.3, -0.25) is 9.59 Å². The lowest BCUT2D eigenvalue weighted by atomic mass is 9.97. The average molecular weight is 657 g/mol. The predicted molar refractivity (Wildman–Crippen MR) is 150 cm³/mol. The van der Waals surface area contributed by atoms with Gasteiger partial charge in [-0.05, 0) is 6.42 Å². The van der Waals surface area contributed by atoms with Crippen molar-refractivity contribution < 1.29 is 78.1 Å². The van der Waals surface area contributed by atoms with Gasteiger partial charge in [0.15, 0.2) is 12.4 Å². The third-order valence-electron chi connectivity index (χ3n) is 6.51. The summed E-state index contributed by atoms with van der Waals surface area (Å²) in [4.78, 5) is 22.8. The van der Waals surface area contributed by atoms with Crippen molar-refractivity contribution in [2.24, 2.45) is 0 Å². The van der Waals surface area contributed by atoms with Crippen molar-refractivity contribution in [2.75, 3.05) is 79.3 Å². The Bertz CT molecular complexity index is 895. The number of rotatable bonds is 22. The maximum absolute atomic E-state index is 11.4. The summed E-state index contributed by atoms with van der Waals surface area (Å²) in [7, 11) is 0. The third-order valence-corrected chi connectivity index (χ3v) is 6.51. The Morgan fingerprint density at radius 3 is 1.82 bits per heavy atom. The summed E-state index contributed by atoms with van der Waals surface area (Å²) in [5, 5.41) is 63.9. The molecule has 0 bridgehead atoms. The molecule has 18 nitrogen and oxygen atoms in total. The number of nitrogens with one attached hydrogen (secondary N) is 2. The first kappa shape index (κ1) is 39.0. The minimum absolute atomic E-state index is 0.0187. The molecule has 2 amide bonds. The summed E-state index contributed by atoms with van der Waals surface area (Å²) < 4.78 is 43.6. The third kappa shape index (κ3) is 13.6. The summed E-state index contributed by atoms with van der Waals surface area (Å²) in [6.45, 7) is 3.99. The van der Waals surface area contributed by atoms with Crippen LogP contribution in [-0.4, -0.2) is 171 Å². The number of hydrogen-bond acceptors (Lipinski definition) is 16. The molecular weight excluding hydrogens is 608 g/mol. The van der Waals surface area contributed by atoms with Gasteiger partial charge in [-0.25, -0.2) is 0 Å². The van der Waals surface area contributed by atoms with Gasteiger partial charge >= 0.3 is 5.95 Å². The second-order valence-corrected chi connectivity index (χ2v) is 10.1. The van der Waals surface area contributed by atoms with E-state index < -0.39 is 74.0 Å². The van der Waals surface area contributed by atoms with Crippen molar-refractivity contribution in [3.8, 4) is 0 Å².